The molecule has 3 fully saturated rings. The van der Waals surface area contributed by atoms with Gasteiger partial charge >= 0.3 is 0 Å². The van der Waals surface area contributed by atoms with Crippen LogP contribution in [-0.4, -0.2) is 72.9 Å². The monoisotopic (exact) mass is 536 g/mol. The van der Waals surface area contributed by atoms with Gasteiger partial charge in [-0.2, -0.15) is 5.26 Å². The molecular formula is C29H40N6O2S. The van der Waals surface area contributed by atoms with Crippen LogP contribution in [0, 0.1) is 34.5 Å². The Balaban J connectivity index is 0.00000220. The molecule has 1 saturated carbocycles. The Hall–Kier alpha value is -3.09. The van der Waals surface area contributed by atoms with Gasteiger partial charge in [-0.25, -0.2) is 0 Å². The molecule has 0 aromatic heterocycles. The van der Waals surface area contributed by atoms with E-state index in [0.29, 0.717) is 36.3 Å². The Morgan fingerprint density at radius 1 is 1.32 bits per heavy atom. The number of anilines is 1. The van der Waals surface area contributed by atoms with Crippen LogP contribution in [0.25, 0.3) is 0 Å². The number of nitrogens with zero attached hydrogens (tertiary/aromatic N) is 4. The summed E-state index contributed by atoms with van der Waals surface area (Å²) in [6.45, 7) is 9.05. The molecule has 1 aliphatic carbocycles. The van der Waals surface area contributed by atoms with Crippen LogP contribution in [-0.2, 0) is 16.0 Å². The first kappa shape index (κ1) is 26.5. The van der Waals surface area contributed by atoms with E-state index in [-0.39, 0.29) is 25.7 Å². The van der Waals surface area contributed by atoms with Crippen molar-refractivity contribution in [2.45, 2.75) is 26.7 Å². The summed E-state index contributed by atoms with van der Waals surface area (Å²) in [5.74, 6) is 0.985. The molecule has 3 atom stereocenters. The molecule has 3 unspecified atom stereocenters. The van der Waals surface area contributed by atoms with Gasteiger partial charge in [-0.1, -0.05) is 25.1 Å². The lowest BCUT2D eigenvalue weighted by atomic mass is 10.0. The normalized spacial score (nSPS) is 27.8. The molecule has 3 heterocycles. The van der Waals surface area contributed by atoms with E-state index < -0.39 is 5.91 Å². The van der Waals surface area contributed by atoms with Crippen LogP contribution < -0.4 is 10.6 Å². The molecule has 2 amide bonds. The zero-order valence-electron chi connectivity index (χ0n) is 22.2. The average molecular weight is 537 g/mol. The van der Waals surface area contributed by atoms with Crippen LogP contribution in [0.2, 0.25) is 0 Å². The number of thioether (sulfide) groups is 1. The number of carbonyl (C=O) groups is 2. The third kappa shape index (κ3) is 5.67. The quantitative estimate of drug-likeness (QED) is 0.349. The molecule has 0 spiro atoms. The number of rotatable bonds is 10. The highest BCUT2D eigenvalue weighted by atomic mass is 32.2. The van der Waals surface area contributed by atoms with Gasteiger partial charge in [0, 0.05) is 77.3 Å². The molecule has 1 aromatic carbocycles. The number of carbonyl (C=O) groups excluding carboxylic acids is 2. The maximum atomic E-state index is 13.3. The second kappa shape index (κ2) is 11.3. The Labute approximate surface area is 232 Å². The summed E-state index contributed by atoms with van der Waals surface area (Å²) in [4.78, 5) is 34.5. The Kier molecular flexibility index (Phi) is 7.91. The Morgan fingerprint density at radius 3 is 2.79 bits per heavy atom. The van der Waals surface area contributed by atoms with E-state index in [9.17, 15) is 14.9 Å². The molecule has 3 aliphatic heterocycles. The lowest BCUT2D eigenvalue weighted by Crippen LogP contribution is -2.45. The van der Waals surface area contributed by atoms with Crippen LogP contribution in [0.5, 0.6) is 0 Å². The van der Waals surface area contributed by atoms with Crippen molar-refractivity contribution in [1.82, 2.24) is 15.1 Å². The second-order valence-electron chi connectivity index (χ2n) is 10.9. The highest BCUT2D eigenvalue weighted by Crippen LogP contribution is 2.53. The number of hydrogen-bond donors (Lipinski definition) is 2. The van der Waals surface area contributed by atoms with Gasteiger partial charge in [0.15, 0.2) is 0 Å². The fourth-order valence-corrected chi connectivity index (χ4v) is 6.79. The predicted molar refractivity (Wildman–Crippen MR) is 156 cm³/mol. The minimum absolute atomic E-state index is 0. The topological polar surface area (TPSA) is 101 Å². The van der Waals surface area contributed by atoms with Crippen molar-refractivity contribution < 1.29 is 12.4 Å². The van der Waals surface area contributed by atoms with E-state index in [4.69, 9.17) is 0 Å². The number of likely N-dealkylation sites (tertiary alicyclic amines) is 1. The molecule has 9 heteroatoms. The Morgan fingerprint density at radius 2 is 2.11 bits per heavy atom. The number of fused-ring (bicyclic) bond motifs is 1. The van der Waals surface area contributed by atoms with Crippen LogP contribution in [0.4, 0.5) is 5.69 Å². The first-order valence-electron chi connectivity index (χ1n) is 13.6. The molecule has 2 N–H and O–H groups in total. The van der Waals surface area contributed by atoms with Gasteiger partial charge < -0.3 is 20.4 Å². The fourth-order valence-electron chi connectivity index (χ4n) is 5.51. The maximum Gasteiger partial charge on any atom is 0.264 e. The standard InChI is InChI=1S/C29H36N6O2S.2H2/c1-3-35-27(37)22(14-32-24-6-4-21(5-7-24)8-11-34-16-20(2)17-34)18-38-28(35)25(13-30)26(36)33-19-29-9-10-31-15-23(29)12-29;;/h4-7,9-10,15,20,22-23,32H,3,8,11-12,14,16-19H2,1-2H3,(H,33,36);2*1H/b28-25-;;. The molecule has 0 bridgehead atoms. The van der Waals surface area contributed by atoms with Gasteiger partial charge in [0.25, 0.3) is 5.91 Å². The molecule has 204 valence electrons. The van der Waals surface area contributed by atoms with Crippen LogP contribution in [0.1, 0.15) is 28.7 Å². The lowest BCUT2D eigenvalue weighted by molar-refractivity contribution is -0.132. The zero-order valence-corrected chi connectivity index (χ0v) is 23.0. The predicted octanol–water partition coefficient (Wildman–Crippen LogP) is 3.75. The van der Waals surface area contributed by atoms with E-state index in [1.165, 1.54) is 30.4 Å². The number of hydrogen-bond acceptors (Lipinski definition) is 7. The van der Waals surface area contributed by atoms with E-state index in [1.807, 2.05) is 19.2 Å². The van der Waals surface area contributed by atoms with Crippen molar-refractivity contribution in [3.63, 3.8) is 0 Å². The largest absolute Gasteiger partial charge is 0.384 e. The van der Waals surface area contributed by atoms with Gasteiger partial charge in [0.1, 0.15) is 16.7 Å². The van der Waals surface area contributed by atoms with Gasteiger partial charge in [-0.05, 0) is 43.4 Å². The molecule has 8 nitrogen and oxygen atoms in total. The summed E-state index contributed by atoms with van der Waals surface area (Å²) in [6, 6.07) is 10.5. The van der Waals surface area contributed by atoms with E-state index >= 15 is 0 Å². The number of aliphatic imine (C=N–C) groups is 1. The lowest BCUT2D eigenvalue weighted by Gasteiger charge is -2.37. The summed E-state index contributed by atoms with van der Waals surface area (Å²) in [5.41, 5.74) is 2.25. The number of amides is 2. The first-order chi connectivity index (χ1) is 18.4. The molecule has 0 radical (unpaired) electrons. The summed E-state index contributed by atoms with van der Waals surface area (Å²) in [6.07, 6.45) is 7.72. The summed E-state index contributed by atoms with van der Waals surface area (Å²) in [5, 5.41) is 16.6. The number of nitrogens with one attached hydrogen (secondary N) is 2. The molecule has 1 aromatic rings. The fraction of sp³-hybridized carbons (Fsp3) is 0.517. The van der Waals surface area contributed by atoms with Crippen molar-refractivity contribution >= 4 is 35.5 Å². The second-order valence-corrected chi connectivity index (χ2v) is 11.9. The highest BCUT2D eigenvalue weighted by molar-refractivity contribution is 8.03. The van der Waals surface area contributed by atoms with Crippen molar-refractivity contribution in [1.29, 1.82) is 5.26 Å². The van der Waals surface area contributed by atoms with Gasteiger partial charge in [-0.15, -0.1) is 11.8 Å². The molecular weight excluding hydrogens is 496 g/mol. The number of benzene rings is 1. The van der Waals surface area contributed by atoms with Crippen LogP contribution in [0.3, 0.4) is 0 Å². The van der Waals surface area contributed by atoms with Crippen molar-refractivity contribution in [3.05, 3.63) is 52.7 Å². The van der Waals surface area contributed by atoms with Gasteiger partial charge in [0.05, 0.1) is 5.92 Å². The van der Waals surface area contributed by atoms with E-state index in [1.54, 1.807) is 11.1 Å². The average Bonchev–Trinajstić information content (AvgIpc) is 3.65. The highest BCUT2D eigenvalue weighted by Gasteiger charge is 2.52. The smallest absolute Gasteiger partial charge is 0.264 e. The van der Waals surface area contributed by atoms with Crippen LogP contribution >= 0.6 is 11.8 Å². The molecule has 38 heavy (non-hydrogen) atoms. The van der Waals surface area contributed by atoms with Crippen molar-refractivity contribution in [2.24, 2.45) is 28.2 Å². The summed E-state index contributed by atoms with van der Waals surface area (Å²) in [7, 11) is 0. The van der Waals surface area contributed by atoms with Crippen LogP contribution in [0.15, 0.2) is 52.1 Å². The molecule has 2 saturated heterocycles. The van der Waals surface area contributed by atoms with E-state index in [2.05, 4.69) is 57.8 Å². The third-order valence-electron chi connectivity index (χ3n) is 8.03. The Bertz CT molecular complexity index is 1210. The van der Waals surface area contributed by atoms with Gasteiger partial charge in [0.2, 0.25) is 5.91 Å². The van der Waals surface area contributed by atoms with E-state index in [0.717, 1.165) is 31.0 Å². The SMILES string of the molecule is CCN1C(=O)C(CNc2ccc(CCN3CC(C)C3)cc2)CS/C1=C(/C#N)C(=O)NCC12C=CN=CC1C2.[HH].[HH]. The molecule has 5 rings (SSSR count). The zero-order chi connectivity index (χ0) is 26.7. The van der Waals surface area contributed by atoms with Crippen molar-refractivity contribution in [2.75, 3.05) is 50.3 Å². The third-order valence-corrected chi connectivity index (χ3v) is 9.30. The first-order valence-corrected chi connectivity index (χ1v) is 14.5. The minimum Gasteiger partial charge on any atom is -0.384 e. The molecule has 4 aliphatic rings. The van der Waals surface area contributed by atoms with Crippen molar-refractivity contribution in [3.8, 4) is 6.07 Å². The summed E-state index contributed by atoms with van der Waals surface area (Å²) < 4.78 is 0. The minimum atomic E-state index is -0.419. The van der Waals surface area contributed by atoms with Gasteiger partial charge in [-0.3, -0.25) is 14.6 Å². The summed E-state index contributed by atoms with van der Waals surface area (Å²) >= 11 is 1.42. The number of nitriles is 1. The maximum absolute atomic E-state index is 13.3.